The second-order valence-corrected chi connectivity index (χ2v) is 4.29. The number of nitrogens with one attached hydrogen (secondary N) is 2. The highest BCUT2D eigenvalue weighted by Gasteiger charge is 2.26. The zero-order valence-electron chi connectivity index (χ0n) is 10.8. The molecule has 0 saturated carbocycles. The van der Waals surface area contributed by atoms with Crippen LogP contribution in [0.3, 0.4) is 0 Å². The fourth-order valence-corrected chi connectivity index (χ4v) is 1.69. The summed E-state index contributed by atoms with van der Waals surface area (Å²) in [6.07, 6.45) is 1.38. The largest absolute Gasteiger partial charge is 0.480 e. The van der Waals surface area contributed by atoms with Crippen molar-refractivity contribution in [3.63, 3.8) is 0 Å². The average Bonchev–Trinajstić information content (AvgIpc) is 2.81. The highest BCUT2D eigenvalue weighted by Crippen LogP contribution is 1.98. The maximum Gasteiger partial charge on any atom is 0.325 e. The number of nitrogens with zero attached hydrogens (tertiary/aromatic N) is 4. The fraction of sp³-hybridized carbons (Fsp3) is 0.400. The number of aliphatic carboxylic acids is 1. The number of hydrogen-bond donors (Lipinski definition) is 3. The summed E-state index contributed by atoms with van der Waals surface area (Å²) >= 11 is 0. The van der Waals surface area contributed by atoms with Crippen molar-refractivity contribution in [2.24, 2.45) is 0 Å². The normalized spacial score (nSPS) is 14.8. The summed E-state index contributed by atoms with van der Waals surface area (Å²) in [7, 11) is 0. The van der Waals surface area contributed by atoms with Gasteiger partial charge in [-0.2, -0.15) is 0 Å². The monoisotopic (exact) mass is 296 g/mol. The van der Waals surface area contributed by atoms with E-state index in [4.69, 9.17) is 5.11 Å². The molecule has 0 aliphatic carbocycles. The van der Waals surface area contributed by atoms with Crippen LogP contribution in [0.25, 0.3) is 0 Å². The molecule has 1 aliphatic heterocycles. The van der Waals surface area contributed by atoms with E-state index in [9.17, 15) is 19.2 Å². The predicted molar refractivity (Wildman–Crippen MR) is 64.6 cm³/mol. The highest BCUT2D eigenvalue weighted by atomic mass is 16.4. The van der Waals surface area contributed by atoms with Crippen LogP contribution in [0.4, 0.5) is 4.79 Å². The molecule has 11 nitrogen and oxygen atoms in total. The van der Waals surface area contributed by atoms with Crippen molar-refractivity contribution in [2.45, 2.75) is 13.1 Å². The summed E-state index contributed by atoms with van der Waals surface area (Å²) < 4.78 is 1.11. The number of rotatable bonds is 4. The summed E-state index contributed by atoms with van der Waals surface area (Å²) in [4.78, 5) is 45.6. The Morgan fingerprint density at radius 1 is 1.33 bits per heavy atom. The van der Waals surface area contributed by atoms with Crippen LogP contribution in [0.2, 0.25) is 0 Å². The van der Waals surface area contributed by atoms with Crippen LogP contribution < -0.4 is 10.6 Å². The van der Waals surface area contributed by atoms with E-state index in [0.29, 0.717) is 5.69 Å². The smallest absolute Gasteiger partial charge is 0.325 e. The van der Waals surface area contributed by atoms with Crippen LogP contribution in [-0.2, 0) is 27.5 Å². The number of hydrogen-bond acceptors (Lipinski definition) is 6. The molecule has 0 unspecified atom stereocenters. The Hall–Kier alpha value is -2.98. The number of urea groups is 1. The SMILES string of the molecule is O=C(O)Cn1cc(CNC(=O)N2CC(=O)NC(=O)C2)nn1. The second kappa shape index (κ2) is 5.98. The molecule has 0 atom stereocenters. The van der Waals surface area contributed by atoms with E-state index >= 15 is 0 Å². The number of carboxylic acids is 1. The lowest BCUT2D eigenvalue weighted by molar-refractivity contribution is -0.138. The number of piperazine rings is 1. The van der Waals surface area contributed by atoms with Crippen LogP contribution in [0.1, 0.15) is 5.69 Å². The van der Waals surface area contributed by atoms with E-state index in [1.807, 2.05) is 0 Å². The van der Waals surface area contributed by atoms with E-state index < -0.39 is 23.8 Å². The Morgan fingerprint density at radius 2 is 2.00 bits per heavy atom. The van der Waals surface area contributed by atoms with Crippen LogP contribution in [0.5, 0.6) is 0 Å². The Balaban J connectivity index is 1.86. The predicted octanol–water partition coefficient (Wildman–Crippen LogP) is -2.47. The van der Waals surface area contributed by atoms with Crippen molar-refractivity contribution in [1.82, 2.24) is 30.5 Å². The summed E-state index contributed by atoms with van der Waals surface area (Å²) in [6, 6.07) is -0.592. The van der Waals surface area contributed by atoms with Gasteiger partial charge in [-0.25, -0.2) is 9.48 Å². The van der Waals surface area contributed by atoms with E-state index in [1.54, 1.807) is 0 Å². The van der Waals surface area contributed by atoms with E-state index in [-0.39, 0.29) is 26.2 Å². The first-order valence-corrected chi connectivity index (χ1v) is 5.90. The van der Waals surface area contributed by atoms with Crippen LogP contribution in [-0.4, -0.2) is 61.9 Å². The number of carbonyl (C=O) groups excluding carboxylic acids is 3. The second-order valence-electron chi connectivity index (χ2n) is 4.29. The van der Waals surface area contributed by atoms with Gasteiger partial charge in [0.15, 0.2) is 0 Å². The van der Waals surface area contributed by atoms with Crippen LogP contribution in [0.15, 0.2) is 6.20 Å². The molecule has 0 aromatic carbocycles. The van der Waals surface area contributed by atoms with Crippen molar-refractivity contribution >= 4 is 23.8 Å². The quantitative estimate of drug-likeness (QED) is 0.522. The summed E-state index contributed by atoms with van der Waals surface area (Å²) in [5.74, 6) is -2.16. The number of aromatic nitrogens is 3. The van der Waals surface area contributed by atoms with Gasteiger partial charge in [-0.1, -0.05) is 5.21 Å². The lowest BCUT2D eigenvalue weighted by Crippen LogP contribution is -2.55. The molecule has 1 saturated heterocycles. The van der Waals surface area contributed by atoms with Crippen molar-refractivity contribution < 1.29 is 24.3 Å². The molecule has 1 fully saturated rings. The topological polar surface area (TPSA) is 147 Å². The Labute approximate surface area is 117 Å². The molecule has 2 rings (SSSR count). The molecule has 11 heteroatoms. The van der Waals surface area contributed by atoms with Crippen molar-refractivity contribution in [1.29, 1.82) is 0 Å². The van der Waals surface area contributed by atoms with Gasteiger partial charge in [0.25, 0.3) is 0 Å². The third-order valence-electron chi connectivity index (χ3n) is 2.54. The van der Waals surface area contributed by atoms with E-state index in [0.717, 1.165) is 9.58 Å². The molecule has 1 aliphatic rings. The number of carboxylic acid groups (broad SMARTS) is 1. The molecule has 0 spiro atoms. The molecule has 0 radical (unpaired) electrons. The maximum absolute atomic E-state index is 11.8. The number of carbonyl (C=O) groups is 4. The zero-order chi connectivity index (χ0) is 15.4. The molecule has 1 aromatic heterocycles. The minimum absolute atomic E-state index is 0.00472. The van der Waals surface area contributed by atoms with Gasteiger partial charge in [-0.05, 0) is 0 Å². The molecule has 4 amide bonds. The minimum Gasteiger partial charge on any atom is -0.480 e. The van der Waals surface area contributed by atoms with Crippen molar-refractivity contribution in [2.75, 3.05) is 13.1 Å². The molecule has 0 bridgehead atoms. The average molecular weight is 296 g/mol. The summed E-state index contributed by atoms with van der Waals surface area (Å²) in [6.45, 7) is -0.737. The van der Waals surface area contributed by atoms with Crippen LogP contribution >= 0.6 is 0 Å². The summed E-state index contributed by atoms with van der Waals surface area (Å²) in [5, 5.41) is 20.4. The van der Waals surface area contributed by atoms with Crippen LogP contribution in [0, 0.1) is 0 Å². The first kappa shape index (κ1) is 14.4. The van der Waals surface area contributed by atoms with Gasteiger partial charge >= 0.3 is 12.0 Å². The standard InChI is InChI=1S/C10H12N6O5/c17-7-3-15(4-8(18)12-7)10(21)11-1-6-2-16(14-13-6)5-9(19)20/h2H,1,3-5H2,(H,11,21)(H,19,20)(H,12,17,18). The Bertz CT molecular complexity index is 581. The molecular formula is C10H12N6O5. The highest BCUT2D eigenvalue weighted by molar-refractivity contribution is 6.02. The van der Waals surface area contributed by atoms with Gasteiger partial charge in [0, 0.05) is 0 Å². The molecule has 112 valence electrons. The lowest BCUT2D eigenvalue weighted by Gasteiger charge is -2.25. The van der Waals surface area contributed by atoms with Crippen molar-refractivity contribution in [3.05, 3.63) is 11.9 Å². The third kappa shape index (κ3) is 3.99. The molecule has 21 heavy (non-hydrogen) atoms. The Kier molecular flexibility index (Phi) is 4.11. The maximum atomic E-state index is 11.8. The number of amides is 4. The molecule has 2 heterocycles. The zero-order valence-corrected chi connectivity index (χ0v) is 10.8. The fourth-order valence-electron chi connectivity index (χ4n) is 1.69. The minimum atomic E-state index is -1.06. The van der Waals surface area contributed by atoms with E-state index in [2.05, 4.69) is 20.9 Å². The van der Waals surface area contributed by atoms with Gasteiger partial charge in [-0.3, -0.25) is 19.7 Å². The molecule has 1 aromatic rings. The van der Waals surface area contributed by atoms with E-state index in [1.165, 1.54) is 6.20 Å². The lowest BCUT2D eigenvalue weighted by atomic mass is 10.3. The number of imide groups is 1. The van der Waals surface area contributed by atoms with Gasteiger partial charge in [0.2, 0.25) is 11.8 Å². The molecule has 3 N–H and O–H groups in total. The van der Waals surface area contributed by atoms with Gasteiger partial charge in [0.1, 0.15) is 25.3 Å². The third-order valence-corrected chi connectivity index (χ3v) is 2.54. The van der Waals surface area contributed by atoms with Gasteiger partial charge in [-0.15, -0.1) is 5.10 Å². The first-order valence-electron chi connectivity index (χ1n) is 5.90. The first-order chi connectivity index (χ1) is 9.94. The summed E-state index contributed by atoms with van der Waals surface area (Å²) in [5.41, 5.74) is 0.359. The van der Waals surface area contributed by atoms with Crippen molar-refractivity contribution in [3.8, 4) is 0 Å². The Morgan fingerprint density at radius 3 is 2.62 bits per heavy atom. The van der Waals surface area contributed by atoms with Gasteiger partial charge in [0.05, 0.1) is 12.7 Å². The van der Waals surface area contributed by atoms with Gasteiger partial charge < -0.3 is 15.3 Å². The molecular weight excluding hydrogens is 284 g/mol.